The zero-order chi connectivity index (χ0) is 15.8. The molecule has 0 atom stereocenters. The smallest absolute Gasteiger partial charge is 0.225 e. The van der Waals surface area contributed by atoms with Gasteiger partial charge in [0.25, 0.3) is 0 Å². The number of amides is 1. The molecule has 1 N–H and O–H groups in total. The van der Waals surface area contributed by atoms with Crippen LogP contribution in [0.5, 0.6) is 0 Å². The van der Waals surface area contributed by atoms with Crippen LogP contribution in [0.4, 0.5) is 5.69 Å². The first-order chi connectivity index (χ1) is 10.7. The molecule has 0 aliphatic heterocycles. The van der Waals surface area contributed by atoms with Crippen LogP contribution in [0.1, 0.15) is 51.0 Å². The number of rotatable bonds is 6. The molecule has 1 saturated carbocycles. The quantitative estimate of drug-likeness (QED) is 0.874. The zero-order valence-corrected chi connectivity index (χ0v) is 13.3. The molecule has 4 nitrogen and oxygen atoms in total. The molecular weight excluding hydrogens is 274 g/mol. The Bertz CT molecular complexity index is 512. The van der Waals surface area contributed by atoms with Crippen LogP contribution in [0.25, 0.3) is 0 Å². The molecule has 1 amide bonds. The SMILES string of the molecule is CCN(CCC(=O)Nc1ccc(C#N)cc1)C1CCCCC1. The molecule has 118 valence electrons. The molecule has 4 heteroatoms. The van der Waals surface area contributed by atoms with E-state index < -0.39 is 0 Å². The average molecular weight is 299 g/mol. The second-order valence-electron chi connectivity index (χ2n) is 5.91. The average Bonchev–Trinajstić information content (AvgIpc) is 2.57. The first-order valence-electron chi connectivity index (χ1n) is 8.27. The highest BCUT2D eigenvalue weighted by atomic mass is 16.1. The van der Waals surface area contributed by atoms with Gasteiger partial charge in [-0.25, -0.2) is 0 Å². The Labute approximate surface area is 133 Å². The number of carbonyl (C=O) groups excluding carboxylic acids is 1. The van der Waals surface area contributed by atoms with E-state index in [1.807, 2.05) is 0 Å². The Hall–Kier alpha value is -1.86. The Kier molecular flexibility index (Phi) is 6.42. The van der Waals surface area contributed by atoms with Gasteiger partial charge in [0.2, 0.25) is 5.91 Å². The van der Waals surface area contributed by atoms with Crippen LogP contribution in [-0.2, 0) is 4.79 Å². The number of hydrogen-bond donors (Lipinski definition) is 1. The third-order valence-corrected chi connectivity index (χ3v) is 4.42. The van der Waals surface area contributed by atoms with Gasteiger partial charge in [-0.05, 0) is 43.7 Å². The van der Waals surface area contributed by atoms with E-state index in [4.69, 9.17) is 5.26 Å². The van der Waals surface area contributed by atoms with Crippen LogP contribution < -0.4 is 5.32 Å². The fraction of sp³-hybridized carbons (Fsp3) is 0.556. The summed E-state index contributed by atoms with van der Waals surface area (Å²) in [5.41, 5.74) is 1.36. The fourth-order valence-electron chi connectivity index (χ4n) is 3.14. The topological polar surface area (TPSA) is 56.1 Å². The highest BCUT2D eigenvalue weighted by Gasteiger charge is 2.20. The Morgan fingerprint density at radius 3 is 2.55 bits per heavy atom. The maximum atomic E-state index is 12.1. The summed E-state index contributed by atoms with van der Waals surface area (Å²) in [7, 11) is 0. The van der Waals surface area contributed by atoms with Gasteiger partial charge < -0.3 is 10.2 Å². The summed E-state index contributed by atoms with van der Waals surface area (Å²) in [5.74, 6) is 0.0407. The van der Waals surface area contributed by atoms with Crippen molar-refractivity contribution in [2.24, 2.45) is 0 Å². The molecule has 0 spiro atoms. The van der Waals surface area contributed by atoms with Crippen molar-refractivity contribution in [3.05, 3.63) is 29.8 Å². The Morgan fingerprint density at radius 1 is 1.27 bits per heavy atom. The van der Waals surface area contributed by atoms with Crippen LogP contribution in [0.3, 0.4) is 0 Å². The lowest BCUT2D eigenvalue weighted by Gasteiger charge is -2.33. The third kappa shape index (κ3) is 4.85. The van der Waals surface area contributed by atoms with Gasteiger partial charge in [-0.1, -0.05) is 26.2 Å². The lowest BCUT2D eigenvalue weighted by Crippen LogP contribution is -2.38. The minimum absolute atomic E-state index is 0.0407. The number of benzene rings is 1. The van der Waals surface area contributed by atoms with Crippen molar-refractivity contribution in [1.82, 2.24) is 4.90 Å². The predicted molar refractivity (Wildman–Crippen MR) is 88.5 cm³/mol. The van der Waals surface area contributed by atoms with Crippen molar-refractivity contribution in [2.45, 2.75) is 51.5 Å². The van der Waals surface area contributed by atoms with Gasteiger partial charge in [-0.15, -0.1) is 0 Å². The van der Waals surface area contributed by atoms with Gasteiger partial charge in [0.15, 0.2) is 0 Å². The van der Waals surface area contributed by atoms with Gasteiger partial charge in [-0.3, -0.25) is 4.79 Å². The second kappa shape index (κ2) is 8.55. The minimum Gasteiger partial charge on any atom is -0.326 e. The molecule has 0 unspecified atom stereocenters. The molecule has 0 heterocycles. The molecule has 22 heavy (non-hydrogen) atoms. The van der Waals surface area contributed by atoms with Crippen molar-refractivity contribution >= 4 is 11.6 Å². The van der Waals surface area contributed by atoms with Crippen LogP contribution in [0.15, 0.2) is 24.3 Å². The molecule has 2 rings (SSSR count). The molecule has 1 fully saturated rings. The normalized spacial score (nSPS) is 15.5. The van der Waals surface area contributed by atoms with Crippen molar-refractivity contribution < 1.29 is 4.79 Å². The molecule has 0 bridgehead atoms. The maximum Gasteiger partial charge on any atom is 0.225 e. The van der Waals surface area contributed by atoms with E-state index in [0.29, 0.717) is 18.0 Å². The van der Waals surface area contributed by atoms with Gasteiger partial charge >= 0.3 is 0 Å². The summed E-state index contributed by atoms with van der Waals surface area (Å²) >= 11 is 0. The van der Waals surface area contributed by atoms with Crippen LogP contribution in [-0.4, -0.2) is 29.9 Å². The van der Waals surface area contributed by atoms with Gasteiger partial charge in [0.1, 0.15) is 0 Å². The standard InChI is InChI=1S/C18H25N3O/c1-2-21(17-6-4-3-5-7-17)13-12-18(22)20-16-10-8-15(14-19)9-11-16/h8-11,17H,2-7,12-13H2,1H3,(H,20,22). The first kappa shape index (κ1) is 16.5. The molecule has 1 aromatic rings. The summed E-state index contributed by atoms with van der Waals surface area (Å²) in [5, 5.41) is 11.7. The lowest BCUT2D eigenvalue weighted by atomic mass is 9.94. The lowest BCUT2D eigenvalue weighted by molar-refractivity contribution is -0.116. The minimum atomic E-state index is 0.0407. The van der Waals surface area contributed by atoms with Crippen LogP contribution in [0.2, 0.25) is 0 Å². The number of nitrogens with one attached hydrogen (secondary N) is 1. The van der Waals surface area contributed by atoms with Gasteiger partial charge in [0, 0.05) is 24.7 Å². The Balaban J connectivity index is 1.79. The largest absolute Gasteiger partial charge is 0.326 e. The Morgan fingerprint density at radius 2 is 1.95 bits per heavy atom. The summed E-state index contributed by atoms with van der Waals surface area (Å²) in [6.45, 7) is 4.01. The van der Waals surface area contributed by atoms with Gasteiger partial charge in [-0.2, -0.15) is 5.26 Å². The van der Waals surface area contributed by atoms with Crippen molar-refractivity contribution in [2.75, 3.05) is 18.4 Å². The van der Waals surface area contributed by atoms with E-state index in [2.05, 4.69) is 23.2 Å². The summed E-state index contributed by atoms with van der Waals surface area (Å²) in [6, 6.07) is 9.71. The molecule has 1 aliphatic carbocycles. The second-order valence-corrected chi connectivity index (χ2v) is 5.91. The maximum absolute atomic E-state index is 12.1. The van der Waals surface area contributed by atoms with Crippen LogP contribution >= 0.6 is 0 Å². The van der Waals surface area contributed by atoms with E-state index >= 15 is 0 Å². The van der Waals surface area contributed by atoms with E-state index in [-0.39, 0.29) is 5.91 Å². The number of nitrogens with zero attached hydrogens (tertiary/aromatic N) is 2. The number of nitriles is 1. The summed E-state index contributed by atoms with van der Waals surface area (Å²) in [4.78, 5) is 14.5. The summed E-state index contributed by atoms with van der Waals surface area (Å²) < 4.78 is 0. The van der Waals surface area contributed by atoms with E-state index in [1.54, 1.807) is 24.3 Å². The monoisotopic (exact) mass is 299 g/mol. The number of anilines is 1. The highest BCUT2D eigenvalue weighted by molar-refractivity contribution is 5.90. The predicted octanol–water partition coefficient (Wildman–Crippen LogP) is 3.54. The first-order valence-corrected chi connectivity index (χ1v) is 8.27. The molecule has 1 aliphatic rings. The molecule has 1 aromatic carbocycles. The zero-order valence-electron chi connectivity index (χ0n) is 13.3. The third-order valence-electron chi connectivity index (χ3n) is 4.42. The van der Waals surface area contributed by atoms with Crippen molar-refractivity contribution in [3.8, 4) is 6.07 Å². The summed E-state index contributed by atoms with van der Waals surface area (Å²) in [6.07, 6.45) is 7.05. The molecule has 0 saturated heterocycles. The highest BCUT2D eigenvalue weighted by Crippen LogP contribution is 2.22. The molecular formula is C18H25N3O. The van der Waals surface area contributed by atoms with Crippen molar-refractivity contribution in [1.29, 1.82) is 5.26 Å². The van der Waals surface area contributed by atoms with E-state index in [0.717, 1.165) is 18.8 Å². The number of carbonyl (C=O) groups is 1. The van der Waals surface area contributed by atoms with E-state index in [1.165, 1.54) is 32.1 Å². The van der Waals surface area contributed by atoms with Crippen molar-refractivity contribution in [3.63, 3.8) is 0 Å². The number of hydrogen-bond acceptors (Lipinski definition) is 3. The molecule has 0 radical (unpaired) electrons. The van der Waals surface area contributed by atoms with Crippen LogP contribution in [0, 0.1) is 11.3 Å². The van der Waals surface area contributed by atoms with E-state index in [9.17, 15) is 4.79 Å². The fourth-order valence-corrected chi connectivity index (χ4v) is 3.14. The molecule has 0 aromatic heterocycles. The van der Waals surface area contributed by atoms with Gasteiger partial charge in [0.05, 0.1) is 11.6 Å².